The Morgan fingerprint density at radius 3 is 2.35 bits per heavy atom. The predicted molar refractivity (Wildman–Crippen MR) is 84.4 cm³/mol. The monoisotopic (exact) mass is 309 g/mol. The van der Waals surface area contributed by atoms with Crippen molar-refractivity contribution in [1.82, 2.24) is 0 Å². The number of aliphatic hydroxyl groups excluding tert-OH is 1. The summed E-state index contributed by atoms with van der Waals surface area (Å²) in [5, 5.41) is 11.9. The molecule has 0 fully saturated rings. The highest BCUT2D eigenvalue weighted by Gasteiger charge is 2.23. The molecular weight excluding hydrogens is 293 g/mol. The summed E-state index contributed by atoms with van der Waals surface area (Å²) in [6.45, 7) is 2.24. The molecule has 0 spiro atoms. The fourth-order valence-electron chi connectivity index (χ4n) is 2.27. The average Bonchev–Trinajstić information content (AvgIpc) is 2.44. The average molecular weight is 310 g/mol. The van der Waals surface area contributed by atoms with Crippen molar-refractivity contribution in [2.45, 2.75) is 18.9 Å². The summed E-state index contributed by atoms with van der Waals surface area (Å²) in [6, 6.07) is 13.0. The maximum absolute atomic E-state index is 10.6. The van der Waals surface area contributed by atoms with Crippen LogP contribution in [0.4, 0.5) is 0 Å². The molecule has 0 bridgehead atoms. The Labute approximate surface area is 129 Å². The van der Waals surface area contributed by atoms with Crippen LogP contribution >= 0.6 is 23.2 Å². The Bertz CT molecular complexity index is 584. The van der Waals surface area contributed by atoms with E-state index in [1.165, 1.54) is 0 Å². The van der Waals surface area contributed by atoms with Crippen LogP contribution in [0.1, 0.15) is 28.7 Å². The summed E-state index contributed by atoms with van der Waals surface area (Å²) in [5.74, 6) is -0.216. The molecule has 0 aromatic heterocycles. The zero-order chi connectivity index (χ0) is 14.7. The van der Waals surface area contributed by atoms with Crippen molar-refractivity contribution in [3.05, 3.63) is 69.2 Å². The lowest BCUT2D eigenvalue weighted by atomic mass is 9.88. The topological polar surface area (TPSA) is 46.2 Å². The van der Waals surface area contributed by atoms with E-state index >= 15 is 0 Å². The van der Waals surface area contributed by atoms with E-state index in [2.05, 4.69) is 0 Å². The van der Waals surface area contributed by atoms with Gasteiger partial charge in [-0.25, -0.2) is 0 Å². The lowest BCUT2D eigenvalue weighted by molar-refractivity contribution is 0.147. The number of rotatable bonds is 4. The molecule has 2 atom stereocenters. The van der Waals surface area contributed by atoms with E-state index in [9.17, 15) is 5.11 Å². The van der Waals surface area contributed by atoms with Gasteiger partial charge in [-0.15, -0.1) is 0 Å². The summed E-state index contributed by atoms with van der Waals surface area (Å²) in [7, 11) is 0. The maximum atomic E-state index is 10.6. The van der Waals surface area contributed by atoms with Crippen LogP contribution in [-0.2, 0) is 0 Å². The first-order valence-corrected chi connectivity index (χ1v) is 7.18. The normalized spacial score (nSPS) is 14.1. The van der Waals surface area contributed by atoms with E-state index in [1.807, 2.05) is 37.3 Å². The minimum atomic E-state index is -0.742. The molecule has 0 aliphatic heterocycles. The van der Waals surface area contributed by atoms with Gasteiger partial charge in [0.25, 0.3) is 0 Å². The molecule has 0 radical (unpaired) electrons. The molecule has 2 nitrogen and oxygen atoms in total. The maximum Gasteiger partial charge on any atom is 0.0885 e. The SMILES string of the molecule is Cc1cccc(C(O)C(CN)c2ccc(Cl)cc2)c1Cl. The van der Waals surface area contributed by atoms with E-state index in [0.717, 1.165) is 11.1 Å². The van der Waals surface area contributed by atoms with Crippen LogP contribution in [0.3, 0.4) is 0 Å². The minimum absolute atomic E-state index is 0.216. The van der Waals surface area contributed by atoms with E-state index < -0.39 is 6.10 Å². The second kappa shape index (κ2) is 6.59. The number of benzene rings is 2. The van der Waals surface area contributed by atoms with Crippen LogP contribution < -0.4 is 5.73 Å². The lowest BCUT2D eigenvalue weighted by Crippen LogP contribution is -2.20. The third kappa shape index (κ3) is 3.15. The van der Waals surface area contributed by atoms with E-state index in [4.69, 9.17) is 28.9 Å². The van der Waals surface area contributed by atoms with Gasteiger partial charge in [0, 0.05) is 28.1 Å². The van der Waals surface area contributed by atoms with Crippen molar-refractivity contribution in [2.75, 3.05) is 6.54 Å². The molecule has 0 aliphatic carbocycles. The van der Waals surface area contributed by atoms with Crippen LogP contribution in [0, 0.1) is 6.92 Å². The third-order valence-electron chi connectivity index (χ3n) is 3.47. The molecule has 2 unspecified atom stereocenters. The highest BCUT2D eigenvalue weighted by Crippen LogP contribution is 2.35. The highest BCUT2D eigenvalue weighted by atomic mass is 35.5. The molecule has 0 saturated carbocycles. The molecule has 0 aliphatic rings. The molecule has 2 aromatic carbocycles. The predicted octanol–water partition coefficient (Wildman–Crippen LogP) is 4.08. The number of aryl methyl sites for hydroxylation is 1. The molecular formula is C16H17Cl2NO. The second-order valence-corrected chi connectivity index (χ2v) is 5.63. The fraction of sp³-hybridized carbons (Fsp3) is 0.250. The third-order valence-corrected chi connectivity index (χ3v) is 4.24. The molecule has 2 aromatic rings. The summed E-state index contributed by atoms with van der Waals surface area (Å²) < 4.78 is 0. The van der Waals surface area contributed by atoms with Gasteiger partial charge in [-0.3, -0.25) is 0 Å². The molecule has 4 heteroatoms. The Balaban J connectivity index is 2.36. The van der Waals surface area contributed by atoms with Crippen molar-refractivity contribution in [3.8, 4) is 0 Å². The standard InChI is InChI=1S/C16H17Cl2NO/c1-10-3-2-4-13(15(10)18)16(20)14(9-19)11-5-7-12(17)8-6-11/h2-8,14,16,20H,9,19H2,1H3. The van der Waals surface area contributed by atoms with Gasteiger partial charge in [0.2, 0.25) is 0 Å². The molecule has 3 N–H and O–H groups in total. The molecule has 2 rings (SSSR count). The van der Waals surface area contributed by atoms with Gasteiger partial charge < -0.3 is 10.8 Å². The molecule has 0 amide bonds. The first-order valence-electron chi connectivity index (χ1n) is 6.43. The zero-order valence-corrected chi connectivity index (χ0v) is 12.7. The summed E-state index contributed by atoms with van der Waals surface area (Å²) in [5.41, 5.74) is 8.42. The van der Waals surface area contributed by atoms with Crippen LogP contribution in [0.25, 0.3) is 0 Å². The summed E-state index contributed by atoms with van der Waals surface area (Å²) in [6.07, 6.45) is -0.742. The largest absolute Gasteiger partial charge is 0.388 e. The summed E-state index contributed by atoms with van der Waals surface area (Å²) in [4.78, 5) is 0. The molecule has 20 heavy (non-hydrogen) atoms. The zero-order valence-electron chi connectivity index (χ0n) is 11.2. The fourth-order valence-corrected chi connectivity index (χ4v) is 2.64. The van der Waals surface area contributed by atoms with Crippen LogP contribution in [0.5, 0.6) is 0 Å². The molecule has 106 valence electrons. The van der Waals surface area contributed by atoms with Crippen molar-refractivity contribution in [1.29, 1.82) is 0 Å². The number of hydrogen-bond acceptors (Lipinski definition) is 2. The van der Waals surface area contributed by atoms with Gasteiger partial charge in [0.1, 0.15) is 0 Å². The Morgan fingerprint density at radius 1 is 1.10 bits per heavy atom. The lowest BCUT2D eigenvalue weighted by Gasteiger charge is -2.23. The smallest absolute Gasteiger partial charge is 0.0885 e. The summed E-state index contributed by atoms with van der Waals surface area (Å²) >= 11 is 12.2. The Morgan fingerprint density at radius 2 is 1.75 bits per heavy atom. The van der Waals surface area contributed by atoms with Gasteiger partial charge in [-0.1, -0.05) is 53.5 Å². The van der Waals surface area contributed by atoms with E-state index in [0.29, 0.717) is 22.2 Å². The van der Waals surface area contributed by atoms with Crippen LogP contribution in [0.15, 0.2) is 42.5 Å². The van der Waals surface area contributed by atoms with Gasteiger partial charge in [0.05, 0.1) is 6.10 Å². The number of aliphatic hydroxyl groups is 1. The van der Waals surface area contributed by atoms with Crippen LogP contribution in [-0.4, -0.2) is 11.7 Å². The van der Waals surface area contributed by atoms with Crippen LogP contribution in [0.2, 0.25) is 10.0 Å². The first kappa shape index (κ1) is 15.3. The van der Waals surface area contributed by atoms with Crippen molar-refractivity contribution < 1.29 is 5.11 Å². The Kier molecular flexibility index (Phi) is 5.06. The number of halogens is 2. The van der Waals surface area contributed by atoms with Crippen molar-refractivity contribution in [3.63, 3.8) is 0 Å². The van der Waals surface area contributed by atoms with Gasteiger partial charge in [-0.2, -0.15) is 0 Å². The minimum Gasteiger partial charge on any atom is -0.388 e. The number of hydrogen-bond donors (Lipinski definition) is 2. The van der Waals surface area contributed by atoms with Gasteiger partial charge in [-0.05, 0) is 30.2 Å². The van der Waals surface area contributed by atoms with E-state index in [-0.39, 0.29) is 5.92 Å². The number of nitrogens with two attached hydrogens (primary N) is 1. The molecule has 0 heterocycles. The van der Waals surface area contributed by atoms with E-state index in [1.54, 1.807) is 12.1 Å². The second-order valence-electron chi connectivity index (χ2n) is 4.82. The van der Waals surface area contributed by atoms with Crippen molar-refractivity contribution in [2.24, 2.45) is 5.73 Å². The van der Waals surface area contributed by atoms with Crippen molar-refractivity contribution >= 4 is 23.2 Å². The van der Waals surface area contributed by atoms with Gasteiger partial charge in [0.15, 0.2) is 0 Å². The highest BCUT2D eigenvalue weighted by molar-refractivity contribution is 6.32. The van der Waals surface area contributed by atoms with Gasteiger partial charge >= 0.3 is 0 Å². The Hall–Kier alpha value is -1.06. The molecule has 0 saturated heterocycles. The first-order chi connectivity index (χ1) is 9.54. The quantitative estimate of drug-likeness (QED) is 0.894.